The molecule has 0 N–H and O–H groups in total. The number of rotatable bonds is 5. The van der Waals surface area contributed by atoms with Crippen LogP contribution < -0.4 is 9.47 Å². The molecule has 0 radical (unpaired) electrons. The van der Waals surface area contributed by atoms with Gasteiger partial charge in [0.05, 0.1) is 25.2 Å². The number of nitrogens with zero attached hydrogens (tertiary/aromatic N) is 1. The van der Waals surface area contributed by atoms with Crippen LogP contribution in [0.2, 0.25) is 0 Å². The molecule has 0 bridgehead atoms. The van der Waals surface area contributed by atoms with Crippen LogP contribution >= 0.6 is 0 Å². The van der Waals surface area contributed by atoms with Crippen LogP contribution in [0.25, 0.3) is 0 Å². The minimum atomic E-state index is -3.70. The first-order chi connectivity index (χ1) is 14.8. The van der Waals surface area contributed by atoms with Gasteiger partial charge < -0.3 is 9.47 Å². The van der Waals surface area contributed by atoms with Crippen molar-refractivity contribution in [3.8, 4) is 11.5 Å². The normalized spacial score (nSPS) is 16.6. The second kappa shape index (κ2) is 8.36. The highest BCUT2D eigenvalue weighted by atomic mass is 32.2. The number of hydrogen-bond donors (Lipinski definition) is 0. The largest absolute Gasteiger partial charge is 0.493 e. The first kappa shape index (κ1) is 21.4. The van der Waals surface area contributed by atoms with Crippen molar-refractivity contribution in [3.05, 3.63) is 88.5 Å². The van der Waals surface area contributed by atoms with Gasteiger partial charge in [0.25, 0.3) is 0 Å². The number of benzene rings is 3. The molecule has 1 heterocycles. The molecule has 1 aliphatic rings. The molecule has 3 aromatic carbocycles. The van der Waals surface area contributed by atoms with Gasteiger partial charge in [-0.05, 0) is 61.2 Å². The highest BCUT2D eigenvalue weighted by Gasteiger charge is 2.38. The quantitative estimate of drug-likeness (QED) is 0.583. The van der Waals surface area contributed by atoms with Gasteiger partial charge in [-0.15, -0.1) is 0 Å². The zero-order chi connectivity index (χ0) is 22.2. The summed E-state index contributed by atoms with van der Waals surface area (Å²) in [6.45, 7) is 4.35. The lowest BCUT2D eigenvalue weighted by Crippen LogP contribution is -2.40. The molecular weight excluding hydrogens is 410 g/mol. The van der Waals surface area contributed by atoms with Gasteiger partial charge in [-0.25, -0.2) is 8.42 Å². The van der Waals surface area contributed by atoms with Crippen LogP contribution in [0.3, 0.4) is 0 Å². The lowest BCUT2D eigenvalue weighted by atomic mass is 9.89. The zero-order valence-electron chi connectivity index (χ0n) is 18.3. The Bertz CT molecular complexity index is 1190. The number of hydrogen-bond acceptors (Lipinski definition) is 4. The highest BCUT2D eigenvalue weighted by Crippen LogP contribution is 2.43. The molecule has 0 saturated heterocycles. The van der Waals surface area contributed by atoms with Gasteiger partial charge in [-0.3, -0.25) is 0 Å². The molecule has 1 aliphatic heterocycles. The number of aryl methyl sites for hydroxylation is 2. The first-order valence-electron chi connectivity index (χ1n) is 10.2. The molecule has 0 saturated carbocycles. The summed E-state index contributed by atoms with van der Waals surface area (Å²) < 4.78 is 40.0. The number of fused-ring (bicyclic) bond motifs is 1. The fourth-order valence-corrected chi connectivity index (χ4v) is 5.72. The van der Waals surface area contributed by atoms with Crippen LogP contribution in [0.1, 0.15) is 33.9 Å². The summed E-state index contributed by atoms with van der Waals surface area (Å²) in [5, 5.41) is 0. The molecule has 0 fully saturated rings. The molecule has 31 heavy (non-hydrogen) atoms. The third-order valence-electron chi connectivity index (χ3n) is 5.85. The lowest BCUT2D eigenvalue weighted by Gasteiger charge is -2.37. The summed E-state index contributed by atoms with van der Waals surface area (Å²) in [4.78, 5) is 0.305. The van der Waals surface area contributed by atoms with E-state index in [9.17, 15) is 8.42 Å². The van der Waals surface area contributed by atoms with Crippen molar-refractivity contribution in [1.82, 2.24) is 4.31 Å². The molecule has 5 nitrogen and oxygen atoms in total. The Balaban J connectivity index is 1.90. The van der Waals surface area contributed by atoms with Crippen LogP contribution in [-0.2, 0) is 16.4 Å². The van der Waals surface area contributed by atoms with Crippen LogP contribution in [0.15, 0.2) is 65.6 Å². The maximum atomic E-state index is 13.7. The van der Waals surface area contributed by atoms with E-state index in [-0.39, 0.29) is 0 Å². The summed E-state index contributed by atoms with van der Waals surface area (Å²) in [5.74, 6) is 1.24. The molecule has 4 rings (SSSR count). The summed E-state index contributed by atoms with van der Waals surface area (Å²) in [5.41, 5.74) is 5.06. The van der Waals surface area contributed by atoms with Crippen LogP contribution in [-0.4, -0.2) is 33.5 Å². The van der Waals surface area contributed by atoms with Crippen molar-refractivity contribution < 1.29 is 17.9 Å². The summed E-state index contributed by atoms with van der Waals surface area (Å²) in [6, 6.07) is 18.5. The van der Waals surface area contributed by atoms with Crippen LogP contribution in [0, 0.1) is 13.8 Å². The molecule has 1 unspecified atom stereocenters. The predicted molar refractivity (Wildman–Crippen MR) is 121 cm³/mol. The van der Waals surface area contributed by atoms with Crippen molar-refractivity contribution in [3.63, 3.8) is 0 Å². The second-order valence-electron chi connectivity index (χ2n) is 7.90. The third kappa shape index (κ3) is 3.93. The van der Waals surface area contributed by atoms with Crippen molar-refractivity contribution in [2.75, 3.05) is 20.8 Å². The van der Waals surface area contributed by atoms with Crippen molar-refractivity contribution >= 4 is 10.0 Å². The Morgan fingerprint density at radius 2 is 1.39 bits per heavy atom. The fraction of sp³-hybridized carbons (Fsp3) is 0.280. The van der Waals surface area contributed by atoms with Gasteiger partial charge in [0.1, 0.15) is 0 Å². The average Bonchev–Trinajstić information content (AvgIpc) is 2.78. The van der Waals surface area contributed by atoms with E-state index in [0.717, 1.165) is 27.8 Å². The van der Waals surface area contributed by atoms with Gasteiger partial charge in [-0.2, -0.15) is 4.31 Å². The molecule has 1 atom stereocenters. The van der Waals surface area contributed by atoms with Crippen LogP contribution in [0.5, 0.6) is 11.5 Å². The van der Waals surface area contributed by atoms with E-state index < -0.39 is 16.1 Å². The van der Waals surface area contributed by atoms with Gasteiger partial charge in [0.2, 0.25) is 10.0 Å². The van der Waals surface area contributed by atoms with Crippen molar-refractivity contribution in [2.24, 2.45) is 0 Å². The standard InChI is InChI=1S/C25H27NO4S/c1-17-5-9-19(10-6-17)25-22-16-24(30-4)23(29-3)15-20(22)13-14-26(25)31(27,28)21-11-7-18(2)8-12-21/h5-12,15-16,25H,13-14H2,1-4H3. The van der Waals surface area contributed by atoms with E-state index in [1.165, 1.54) is 0 Å². The fourth-order valence-electron chi connectivity index (χ4n) is 4.12. The van der Waals surface area contributed by atoms with Gasteiger partial charge in [0.15, 0.2) is 11.5 Å². The maximum Gasteiger partial charge on any atom is 0.243 e. The number of methoxy groups -OCH3 is 2. The Labute approximate surface area is 184 Å². The van der Waals surface area contributed by atoms with Crippen molar-refractivity contribution in [2.45, 2.75) is 31.2 Å². The second-order valence-corrected chi connectivity index (χ2v) is 9.79. The minimum absolute atomic E-state index is 0.305. The van der Waals surface area contributed by atoms with Gasteiger partial charge in [-0.1, -0.05) is 47.5 Å². The average molecular weight is 438 g/mol. The third-order valence-corrected chi connectivity index (χ3v) is 7.73. The molecule has 0 amide bonds. The summed E-state index contributed by atoms with van der Waals surface area (Å²) in [7, 11) is -0.501. The summed E-state index contributed by atoms with van der Waals surface area (Å²) in [6.07, 6.45) is 0.600. The highest BCUT2D eigenvalue weighted by molar-refractivity contribution is 7.89. The molecule has 0 aliphatic carbocycles. The van der Waals surface area contributed by atoms with Gasteiger partial charge >= 0.3 is 0 Å². The Hall–Kier alpha value is -2.83. The maximum absolute atomic E-state index is 13.7. The Morgan fingerprint density at radius 1 is 0.839 bits per heavy atom. The lowest BCUT2D eigenvalue weighted by molar-refractivity contribution is 0.332. The number of sulfonamides is 1. The molecule has 3 aromatic rings. The first-order valence-corrected chi connectivity index (χ1v) is 11.7. The molecular formula is C25H27NO4S. The van der Waals surface area contributed by atoms with E-state index in [1.54, 1.807) is 30.7 Å². The zero-order valence-corrected chi connectivity index (χ0v) is 19.1. The molecule has 162 valence electrons. The minimum Gasteiger partial charge on any atom is -0.493 e. The van der Waals surface area contributed by atoms with E-state index in [1.807, 2.05) is 62.4 Å². The molecule has 6 heteroatoms. The van der Waals surface area contributed by atoms with E-state index in [0.29, 0.717) is 29.4 Å². The topological polar surface area (TPSA) is 55.8 Å². The van der Waals surface area contributed by atoms with E-state index in [2.05, 4.69) is 0 Å². The Kier molecular flexibility index (Phi) is 5.77. The summed E-state index contributed by atoms with van der Waals surface area (Å²) >= 11 is 0. The van der Waals surface area contributed by atoms with Crippen molar-refractivity contribution in [1.29, 1.82) is 0 Å². The Morgan fingerprint density at radius 3 is 1.97 bits per heavy atom. The molecule has 0 spiro atoms. The smallest absolute Gasteiger partial charge is 0.243 e. The predicted octanol–water partition coefficient (Wildman–Crippen LogP) is 4.66. The van der Waals surface area contributed by atoms with Gasteiger partial charge in [0, 0.05) is 6.54 Å². The van der Waals surface area contributed by atoms with Crippen LogP contribution in [0.4, 0.5) is 0 Å². The van der Waals surface area contributed by atoms with E-state index in [4.69, 9.17) is 9.47 Å². The number of ether oxygens (including phenoxy) is 2. The molecule has 0 aromatic heterocycles. The monoisotopic (exact) mass is 437 g/mol. The van der Waals surface area contributed by atoms with E-state index >= 15 is 0 Å². The SMILES string of the molecule is COc1cc2c(cc1OC)C(c1ccc(C)cc1)N(S(=O)(=O)c1ccc(C)cc1)CC2.